The molecule has 1 heterocycles. The van der Waals surface area contributed by atoms with Crippen LogP contribution in [-0.4, -0.2) is 7.05 Å². The molecule has 1 N–H and O–H groups in total. The number of hydrogen-bond acceptors (Lipinski definition) is 2. The van der Waals surface area contributed by atoms with E-state index in [0.717, 1.165) is 17.4 Å². The fourth-order valence-electron chi connectivity index (χ4n) is 2.09. The predicted octanol–water partition coefficient (Wildman–Crippen LogP) is 3.37. The molecule has 18 heavy (non-hydrogen) atoms. The molecule has 0 saturated carbocycles. The van der Waals surface area contributed by atoms with Gasteiger partial charge in [-0.25, -0.2) is 8.78 Å². The van der Waals surface area contributed by atoms with Crippen molar-refractivity contribution in [2.24, 2.45) is 0 Å². The number of halogens is 2. The first-order valence-electron chi connectivity index (χ1n) is 5.76. The van der Waals surface area contributed by atoms with Gasteiger partial charge in [-0.05, 0) is 44.2 Å². The molecule has 0 amide bonds. The molecular weight excluding hydrogens is 236 g/mol. The highest BCUT2D eigenvalue weighted by Gasteiger charge is 2.15. The van der Waals surface area contributed by atoms with E-state index >= 15 is 0 Å². The van der Waals surface area contributed by atoms with Crippen LogP contribution in [0.15, 0.2) is 34.9 Å². The molecule has 0 aliphatic carbocycles. The van der Waals surface area contributed by atoms with Gasteiger partial charge in [-0.3, -0.25) is 0 Å². The van der Waals surface area contributed by atoms with Gasteiger partial charge in [-0.15, -0.1) is 0 Å². The number of rotatable bonds is 4. The third-order valence-electron chi connectivity index (χ3n) is 2.98. The second kappa shape index (κ2) is 5.31. The number of furan rings is 1. The standard InChI is InChI=1S/C14H15F2NO/c1-9-13(3-4-18-9)14(17-2)7-10-5-11(15)8-12(16)6-10/h3-6,8,14,17H,7H2,1-2H3. The summed E-state index contributed by atoms with van der Waals surface area (Å²) >= 11 is 0. The fraction of sp³-hybridized carbons (Fsp3) is 0.286. The highest BCUT2D eigenvalue weighted by molar-refractivity contribution is 5.25. The van der Waals surface area contributed by atoms with Gasteiger partial charge in [0, 0.05) is 17.7 Å². The zero-order valence-electron chi connectivity index (χ0n) is 10.3. The third kappa shape index (κ3) is 2.76. The Morgan fingerprint density at radius 3 is 2.39 bits per heavy atom. The Balaban J connectivity index is 2.23. The largest absolute Gasteiger partial charge is 0.469 e. The maximum Gasteiger partial charge on any atom is 0.126 e. The van der Waals surface area contributed by atoms with Gasteiger partial charge in [0.15, 0.2) is 0 Å². The number of nitrogens with one attached hydrogen (secondary N) is 1. The SMILES string of the molecule is CNC(Cc1cc(F)cc(F)c1)c1ccoc1C. The summed E-state index contributed by atoms with van der Waals surface area (Å²) in [4.78, 5) is 0. The second-order valence-corrected chi connectivity index (χ2v) is 4.26. The van der Waals surface area contributed by atoms with E-state index in [0.29, 0.717) is 12.0 Å². The summed E-state index contributed by atoms with van der Waals surface area (Å²) in [6.07, 6.45) is 2.12. The van der Waals surface area contributed by atoms with Crippen LogP contribution in [0.2, 0.25) is 0 Å². The molecule has 1 aromatic heterocycles. The van der Waals surface area contributed by atoms with E-state index < -0.39 is 11.6 Å². The van der Waals surface area contributed by atoms with Crippen LogP contribution < -0.4 is 5.32 Å². The maximum atomic E-state index is 13.1. The van der Waals surface area contributed by atoms with Crippen LogP contribution >= 0.6 is 0 Å². The molecule has 0 saturated heterocycles. The van der Waals surface area contributed by atoms with E-state index in [2.05, 4.69) is 5.32 Å². The van der Waals surface area contributed by atoms with Gasteiger partial charge in [-0.1, -0.05) is 0 Å². The average Bonchev–Trinajstić information content (AvgIpc) is 2.71. The zero-order valence-corrected chi connectivity index (χ0v) is 10.3. The minimum Gasteiger partial charge on any atom is -0.469 e. The molecule has 2 aromatic rings. The van der Waals surface area contributed by atoms with Gasteiger partial charge in [0.2, 0.25) is 0 Å². The lowest BCUT2D eigenvalue weighted by Gasteiger charge is -2.15. The van der Waals surface area contributed by atoms with Crippen LogP contribution in [0.25, 0.3) is 0 Å². The Morgan fingerprint density at radius 1 is 1.22 bits per heavy atom. The molecule has 0 spiro atoms. The summed E-state index contributed by atoms with van der Waals surface area (Å²) in [6.45, 7) is 1.87. The second-order valence-electron chi connectivity index (χ2n) is 4.26. The first-order valence-corrected chi connectivity index (χ1v) is 5.76. The van der Waals surface area contributed by atoms with Crippen molar-refractivity contribution in [3.05, 3.63) is 59.1 Å². The third-order valence-corrected chi connectivity index (χ3v) is 2.98. The molecule has 0 fully saturated rings. The van der Waals surface area contributed by atoms with Crippen molar-refractivity contribution >= 4 is 0 Å². The molecule has 2 nitrogen and oxygen atoms in total. The van der Waals surface area contributed by atoms with Crippen molar-refractivity contribution in [3.63, 3.8) is 0 Å². The fourth-order valence-corrected chi connectivity index (χ4v) is 2.09. The molecule has 0 aliphatic rings. The van der Waals surface area contributed by atoms with Crippen molar-refractivity contribution in [1.82, 2.24) is 5.32 Å². The van der Waals surface area contributed by atoms with Crippen LogP contribution in [0.3, 0.4) is 0 Å². The lowest BCUT2D eigenvalue weighted by molar-refractivity contribution is 0.510. The molecule has 1 atom stereocenters. The quantitative estimate of drug-likeness (QED) is 0.901. The molecule has 4 heteroatoms. The Labute approximate surface area is 105 Å². The number of hydrogen-bond donors (Lipinski definition) is 1. The first-order chi connectivity index (χ1) is 8.60. The van der Waals surface area contributed by atoms with E-state index in [4.69, 9.17) is 4.42 Å². The molecule has 2 rings (SSSR count). The minimum absolute atomic E-state index is 0.0232. The lowest BCUT2D eigenvalue weighted by Crippen LogP contribution is -2.19. The number of benzene rings is 1. The van der Waals surface area contributed by atoms with Crippen LogP contribution in [0.4, 0.5) is 8.78 Å². The average molecular weight is 251 g/mol. The highest BCUT2D eigenvalue weighted by atomic mass is 19.1. The van der Waals surface area contributed by atoms with Crippen molar-refractivity contribution < 1.29 is 13.2 Å². The van der Waals surface area contributed by atoms with Crippen molar-refractivity contribution in [3.8, 4) is 0 Å². The molecule has 1 aromatic carbocycles. The summed E-state index contributed by atoms with van der Waals surface area (Å²) in [5.74, 6) is -0.293. The zero-order chi connectivity index (χ0) is 13.1. The monoisotopic (exact) mass is 251 g/mol. The first kappa shape index (κ1) is 12.8. The summed E-state index contributed by atoms with van der Waals surface area (Å²) in [7, 11) is 1.81. The molecule has 96 valence electrons. The van der Waals surface area contributed by atoms with Crippen LogP contribution in [-0.2, 0) is 6.42 Å². The van der Waals surface area contributed by atoms with Crippen LogP contribution in [0.1, 0.15) is 22.9 Å². The van der Waals surface area contributed by atoms with Gasteiger partial charge in [0.05, 0.1) is 6.26 Å². The van der Waals surface area contributed by atoms with Crippen molar-refractivity contribution in [1.29, 1.82) is 0 Å². The molecule has 0 radical (unpaired) electrons. The van der Waals surface area contributed by atoms with E-state index in [-0.39, 0.29) is 6.04 Å². The van der Waals surface area contributed by atoms with E-state index in [1.54, 1.807) is 6.26 Å². The smallest absolute Gasteiger partial charge is 0.126 e. The normalized spacial score (nSPS) is 12.7. The van der Waals surface area contributed by atoms with E-state index in [1.165, 1.54) is 12.1 Å². The van der Waals surface area contributed by atoms with Gasteiger partial charge in [-0.2, -0.15) is 0 Å². The van der Waals surface area contributed by atoms with Crippen molar-refractivity contribution in [2.75, 3.05) is 7.05 Å². The minimum atomic E-state index is -0.552. The Morgan fingerprint density at radius 2 is 1.89 bits per heavy atom. The summed E-state index contributed by atoms with van der Waals surface area (Å²) in [5, 5.41) is 3.13. The van der Waals surface area contributed by atoms with Crippen LogP contribution in [0, 0.1) is 18.6 Å². The number of likely N-dealkylation sites (N-methyl/N-ethyl adjacent to an activating group) is 1. The van der Waals surface area contributed by atoms with E-state index in [1.807, 2.05) is 20.0 Å². The van der Waals surface area contributed by atoms with Gasteiger partial charge < -0.3 is 9.73 Å². The Bertz CT molecular complexity index is 516. The lowest BCUT2D eigenvalue weighted by atomic mass is 9.99. The topological polar surface area (TPSA) is 25.2 Å². The van der Waals surface area contributed by atoms with Gasteiger partial charge >= 0.3 is 0 Å². The van der Waals surface area contributed by atoms with Gasteiger partial charge in [0.1, 0.15) is 17.4 Å². The summed E-state index contributed by atoms with van der Waals surface area (Å²) in [5.41, 5.74) is 1.62. The maximum absolute atomic E-state index is 13.1. The highest BCUT2D eigenvalue weighted by Crippen LogP contribution is 2.23. The Kier molecular flexibility index (Phi) is 3.77. The number of aryl methyl sites for hydroxylation is 1. The predicted molar refractivity (Wildman–Crippen MR) is 65.3 cm³/mol. The van der Waals surface area contributed by atoms with Gasteiger partial charge in [0.25, 0.3) is 0 Å². The van der Waals surface area contributed by atoms with Crippen molar-refractivity contribution in [2.45, 2.75) is 19.4 Å². The Hall–Kier alpha value is -1.68. The van der Waals surface area contributed by atoms with E-state index in [9.17, 15) is 8.78 Å². The molecular formula is C14H15F2NO. The molecule has 0 bridgehead atoms. The molecule has 1 unspecified atom stereocenters. The summed E-state index contributed by atoms with van der Waals surface area (Å²) in [6, 6.07) is 5.42. The molecule has 0 aliphatic heterocycles. The summed E-state index contributed by atoms with van der Waals surface area (Å²) < 4.78 is 31.5. The van der Waals surface area contributed by atoms with Crippen LogP contribution in [0.5, 0.6) is 0 Å².